The average molecular weight is 468 g/mol. The van der Waals surface area contributed by atoms with Crippen molar-refractivity contribution in [2.75, 3.05) is 26.2 Å². The summed E-state index contributed by atoms with van der Waals surface area (Å²) in [4.78, 5) is 12.0. The van der Waals surface area contributed by atoms with Crippen LogP contribution in [0.5, 0.6) is 0 Å². The summed E-state index contributed by atoms with van der Waals surface area (Å²) in [6, 6.07) is 9.09. The van der Waals surface area contributed by atoms with Gasteiger partial charge in [-0.25, -0.2) is 0 Å². The number of rotatable bonds is 10. The van der Waals surface area contributed by atoms with Gasteiger partial charge in [0.15, 0.2) is 0 Å². The van der Waals surface area contributed by atoms with Gasteiger partial charge >= 0.3 is 13.1 Å². The third-order valence-electron chi connectivity index (χ3n) is 6.49. The number of nitrogens with two attached hydrogens (primary N) is 1. The third kappa shape index (κ3) is 5.68. The molecule has 6 N–H and O–H groups in total. The van der Waals surface area contributed by atoms with Crippen molar-refractivity contribution in [1.29, 1.82) is 0 Å². The normalized spacial score (nSPS) is 27.0. The molecule has 0 aromatic heterocycles. The highest BCUT2D eigenvalue weighted by Gasteiger charge is 2.53. The van der Waals surface area contributed by atoms with E-state index in [0.717, 1.165) is 24.9 Å². The Labute approximate surface area is 189 Å². The lowest BCUT2D eigenvalue weighted by atomic mass is 9.78. The molecule has 1 unspecified atom stereocenters. The van der Waals surface area contributed by atoms with Crippen molar-refractivity contribution in [1.82, 2.24) is 13.9 Å². The molecule has 32 heavy (non-hydrogen) atoms. The second-order valence-corrected chi connectivity index (χ2v) is 10.7. The fourth-order valence-electron chi connectivity index (χ4n) is 4.60. The van der Waals surface area contributed by atoms with Crippen LogP contribution in [0.2, 0.25) is 6.32 Å². The molecule has 0 spiro atoms. The lowest BCUT2D eigenvalue weighted by Crippen LogP contribution is -2.56. The van der Waals surface area contributed by atoms with Gasteiger partial charge in [0.2, 0.25) is 0 Å². The number of nitrogens with zero attached hydrogens (tertiary/aromatic N) is 2. The third-order valence-corrected chi connectivity index (χ3v) is 8.44. The van der Waals surface area contributed by atoms with E-state index in [4.69, 9.17) is 15.8 Å². The van der Waals surface area contributed by atoms with Crippen molar-refractivity contribution >= 4 is 23.3 Å². The zero-order chi connectivity index (χ0) is 23.4. The molecular weight excluding hydrogens is 435 g/mol. The summed E-state index contributed by atoms with van der Waals surface area (Å²) in [5.41, 5.74) is 5.35. The highest BCUT2D eigenvalue weighted by atomic mass is 32.2. The van der Waals surface area contributed by atoms with E-state index in [1.807, 2.05) is 30.3 Å². The van der Waals surface area contributed by atoms with E-state index >= 15 is 0 Å². The first kappa shape index (κ1) is 25.1. The van der Waals surface area contributed by atoms with Crippen LogP contribution in [0.1, 0.15) is 31.2 Å². The van der Waals surface area contributed by atoms with Gasteiger partial charge in [-0.3, -0.25) is 4.79 Å². The monoisotopic (exact) mass is 468 g/mol. The number of hydrogen-bond acceptors (Lipinski definition) is 7. The highest BCUT2D eigenvalue weighted by molar-refractivity contribution is 7.86. The molecule has 3 atom stereocenters. The summed E-state index contributed by atoms with van der Waals surface area (Å²) in [6.45, 7) is 1.23. The van der Waals surface area contributed by atoms with Crippen LogP contribution >= 0.6 is 0 Å². The fraction of sp³-hybridized carbons (Fsp3) is 0.650. The SMILES string of the molecule is N[C@@]1(C(=O)O)CN(S(=O)(=O)N(Cc2ccccc2)C2CCCNC2)C[C@@H]1CCCB(O)O. The minimum atomic E-state index is -3.99. The Balaban J connectivity index is 1.85. The van der Waals surface area contributed by atoms with Crippen LogP contribution in [0.15, 0.2) is 30.3 Å². The van der Waals surface area contributed by atoms with Gasteiger partial charge in [0, 0.05) is 38.1 Å². The van der Waals surface area contributed by atoms with Crippen molar-refractivity contribution in [2.24, 2.45) is 11.7 Å². The first-order valence-electron chi connectivity index (χ1n) is 11.0. The Morgan fingerprint density at radius 1 is 1.31 bits per heavy atom. The number of carboxylic acid groups (broad SMARTS) is 1. The van der Waals surface area contributed by atoms with Crippen LogP contribution in [0, 0.1) is 5.92 Å². The predicted molar refractivity (Wildman–Crippen MR) is 121 cm³/mol. The zero-order valence-electron chi connectivity index (χ0n) is 18.1. The number of aliphatic carboxylic acids is 1. The number of piperidine rings is 1. The van der Waals surface area contributed by atoms with Crippen LogP contribution in [-0.4, -0.2) is 83.0 Å². The summed E-state index contributed by atoms with van der Waals surface area (Å²) >= 11 is 0. The molecule has 0 bridgehead atoms. The number of nitrogens with one attached hydrogen (secondary N) is 1. The molecular formula is C20H33BN4O6S. The Morgan fingerprint density at radius 3 is 2.62 bits per heavy atom. The van der Waals surface area contributed by atoms with Crippen LogP contribution in [0.3, 0.4) is 0 Å². The van der Waals surface area contributed by atoms with Gasteiger partial charge in [-0.1, -0.05) is 36.8 Å². The van der Waals surface area contributed by atoms with Gasteiger partial charge in [0.25, 0.3) is 10.2 Å². The van der Waals surface area contributed by atoms with Crippen molar-refractivity contribution in [2.45, 2.75) is 50.1 Å². The van der Waals surface area contributed by atoms with Gasteiger partial charge in [0.1, 0.15) is 5.54 Å². The smallest absolute Gasteiger partial charge is 0.451 e. The van der Waals surface area contributed by atoms with E-state index in [1.165, 1.54) is 8.61 Å². The van der Waals surface area contributed by atoms with Crippen LogP contribution in [0.25, 0.3) is 0 Å². The average Bonchev–Trinajstić information content (AvgIpc) is 3.12. The summed E-state index contributed by atoms with van der Waals surface area (Å²) < 4.78 is 30.2. The van der Waals surface area contributed by atoms with Gasteiger partial charge in [-0.2, -0.15) is 17.0 Å². The maximum Gasteiger partial charge on any atom is 0.451 e. The molecule has 178 valence electrons. The van der Waals surface area contributed by atoms with E-state index in [0.29, 0.717) is 13.0 Å². The summed E-state index contributed by atoms with van der Waals surface area (Å²) in [6.07, 6.45) is 2.27. The van der Waals surface area contributed by atoms with Crippen LogP contribution in [-0.2, 0) is 21.5 Å². The van der Waals surface area contributed by atoms with Crippen LogP contribution in [0.4, 0.5) is 0 Å². The number of hydrogen-bond donors (Lipinski definition) is 5. The Morgan fingerprint density at radius 2 is 2.03 bits per heavy atom. The molecule has 2 fully saturated rings. The first-order chi connectivity index (χ1) is 15.1. The van der Waals surface area contributed by atoms with Crippen LogP contribution < -0.4 is 11.1 Å². The van der Waals surface area contributed by atoms with E-state index in [2.05, 4.69) is 5.32 Å². The minimum absolute atomic E-state index is 0.0158. The molecule has 2 heterocycles. The highest BCUT2D eigenvalue weighted by Crippen LogP contribution is 2.34. The summed E-state index contributed by atoms with van der Waals surface area (Å²) in [5, 5.41) is 31.2. The second-order valence-electron chi connectivity index (χ2n) is 8.79. The standard InChI is InChI=1S/C20H33BN4O6S/c22-20(19(26)27)15-24(14-17(20)8-4-10-21(28)29)32(30,31)25(18-9-5-11-23-12-18)13-16-6-2-1-3-7-16/h1-3,6-7,17-18,23,28-29H,4-5,8-15,22H2,(H,26,27)/t17-,18?,20-/m0/s1. The molecule has 0 amide bonds. The molecule has 12 heteroatoms. The lowest BCUT2D eigenvalue weighted by Gasteiger charge is -2.36. The first-order valence-corrected chi connectivity index (χ1v) is 12.4. The quantitative estimate of drug-likeness (QED) is 0.287. The minimum Gasteiger partial charge on any atom is -0.480 e. The van der Waals surface area contributed by atoms with Crippen molar-refractivity contribution < 1.29 is 28.4 Å². The van der Waals surface area contributed by atoms with Crippen molar-refractivity contribution in [3.8, 4) is 0 Å². The molecule has 10 nitrogen and oxygen atoms in total. The van der Waals surface area contributed by atoms with Gasteiger partial charge in [-0.05, 0) is 37.7 Å². The molecule has 0 aliphatic carbocycles. The second kappa shape index (κ2) is 10.6. The van der Waals surface area contributed by atoms with Crippen molar-refractivity contribution in [3.05, 3.63) is 35.9 Å². The van der Waals surface area contributed by atoms with Crippen molar-refractivity contribution in [3.63, 3.8) is 0 Å². The topological polar surface area (TPSA) is 156 Å². The van der Waals surface area contributed by atoms with E-state index in [1.54, 1.807) is 0 Å². The Bertz CT molecular complexity index is 868. The van der Waals surface area contributed by atoms with Gasteiger partial charge < -0.3 is 26.2 Å². The molecule has 2 saturated heterocycles. The predicted octanol–water partition coefficient (Wildman–Crippen LogP) is -0.548. The fourth-order valence-corrected chi connectivity index (χ4v) is 6.51. The Kier molecular flexibility index (Phi) is 8.31. The molecule has 1 aromatic rings. The molecule has 0 saturated carbocycles. The largest absolute Gasteiger partial charge is 0.480 e. The van der Waals surface area contributed by atoms with E-state index in [9.17, 15) is 18.3 Å². The van der Waals surface area contributed by atoms with E-state index in [-0.39, 0.29) is 38.4 Å². The summed E-state index contributed by atoms with van der Waals surface area (Å²) in [7, 11) is -5.49. The number of benzene rings is 1. The Hall–Kier alpha value is -1.54. The maximum absolute atomic E-state index is 13.8. The zero-order valence-corrected chi connectivity index (χ0v) is 19.0. The molecule has 2 aliphatic rings. The number of carboxylic acids is 1. The van der Waals surface area contributed by atoms with Gasteiger partial charge in [-0.15, -0.1) is 0 Å². The van der Waals surface area contributed by atoms with E-state index < -0.39 is 34.8 Å². The number of carbonyl (C=O) groups is 1. The molecule has 3 rings (SSSR count). The summed E-state index contributed by atoms with van der Waals surface area (Å²) in [5.74, 6) is -1.88. The lowest BCUT2D eigenvalue weighted by molar-refractivity contribution is -0.144. The molecule has 2 aliphatic heterocycles. The molecule has 1 aromatic carbocycles. The molecule has 0 radical (unpaired) electrons. The van der Waals surface area contributed by atoms with Gasteiger partial charge in [0.05, 0.1) is 0 Å². The maximum atomic E-state index is 13.8.